The largest absolute Gasteiger partial charge is 0.339 e. The number of hydrogen-bond acceptors (Lipinski definition) is 4. The van der Waals surface area contributed by atoms with Crippen LogP contribution in [0.3, 0.4) is 0 Å². The molecule has 2 unspecified atom stereocenters. The first-order chi connectivity index (χ1) is 9.40. The highest BCUT2D eigenvalue weighted by Gasteiger charge is 2.43. The minimum Gasteiger partial charge on any atom is -0.339 e. The van der Waals surface area contributed by atoms with E-state index in [1.54, 1.807) is 0 Å². The van der Waals surface area contributed by atoms with E-state index < -0.39 is 0 Å². The van der Waals surface area contributed by atoms with Crippen LogP contribution in [0.15, 0.2) is 34.9 Å². The second-order valence-corrected chi connectivity index (χ2v) is 5.56. The van der Waals surface area contributed by atoms with Crippen molar-refractivity contribution in [1.82, 2.24) is 15.5 Å². The van der Waals surface area contributed by atoms with Gasteiger partial charge in [-0.15, -0.1) is 0 Å². The van der Waals surface area contributed by atoms with E-state index in [1.807, 2.05) is 0 Å². The summed E-state index contributed by atoms with van der Waals surface area (Å²) in [6, 6.07) is 11.3. The molecule has 2 saturated carbocycles. The molecule has 4 heteroatoms. The SMILES string of the molecule is c1ccc(C2CC2c2nc(CNC3CC3)no2)cc1. The fraction of sp³-hybridized carbons (Fsp3) is 0.467. The van der Waals surface area contributed by atoms with Crippen LogP contribution >= 0.6 is 0 Å². The van der Waals surface area contributed by atoms with Gasteiger partial charge in [-0.3, -0.25) is 0 Å². The van der Waals surface area contributed by atoms with Gasteiger partial charge in [-0.1, -0.05) is 35.5 Å². The highest BCUT2D eigenvalue weighted by molar-refractivity contribution is 5.30. The molecular weight excluding hydrogens is 238 g/mol. The molecule has 0 amide bonds. The Bertz CT molecular complexity index is 562. The van der Waals surface area contributed by atoms with Crippen LogP contribution in [0.4, 0.5) is 0 Å². The van der Waals surface area contributed by atoms with Crippen molar-refractivity contribution in [3.63, 3.8) is 0 Å². The molecule has 1 aromatic heterocycles. The quantitative estimate of drug-likeness (QED) is 0.892. The second kappa shape index (κ2) is 4.46. The molecule has 0 aliphatic heterocycles. The monoisotopic (exact) mass is 255 g/mol. The molecule has 2 aromatic rings. The van der Waals surface area contributed by atoms with Crippen molar-refractivity contribution < 1.29 is 4.52 Å². The highest BCUT2D eigenvalue weighted by Crippen LogP contribution is 2.53. The lowest BCUT2D eigenvalue weighted by Gasteiger charge is -1.96. The van der Waals surface area contributed by atoms with E-state index >= 15 is 0 Å². The summed E-state index contributed by atoms with van der Waals surface area (Å²) in [5.41, 5.74) is 1.38. The molecule has 98 valence electrons. The summed E-state index contributed by atoms with van der Waals surface area (Å²) in [6.45, 7) is 0.733. The average molecular weight is 255 g/mol. The number of aromatic nitrogens is 2. The number of hydrogen-bond donors (Lipinski definition) is 1. The van der Waals surface area contributed by atoms with E-state index in [0.29, 0.717) is 17.9 Å². The molecule has 1 heterocycles. The maximum absolute atomic E-state index is 5.39. The smallest absolute Gasteiger partial charge is 0.230 e. The second-order valence-electron chi connectivity index (χ2n) is 5.56. The first-order valence-electron chi connectivity index (χ1n) is 7.01. The minimum absolute atomic E-state index is 0.421. The van der Waals surface area contributed by atoms with E-state index in [-0.39, 0.29) is 0 Å². The predicted octanol–water partition coefficient (Wildman–Crippen LogP) is 2.59. The van der Waals surface area contributed by atoms with E-state index in [9.17, 15) is 0 Å². The van der Waals surface area contributed by atoms with Crippen LogP contribution in [0.25, 0.3) is 0 Å². The molecule has 2 atom stereocenters. The first kappa shape index (κ1) is 11.2. The Kier molecular flexibility index (Phi) is 2.62. The van der Waals surface area contributed by atoms with E-state index in [0.717, 1.165) is 24.7 Å². The standard InChI is InChI=1S/C15H17N3O/c1-2-4-10(5-3-1)12-8-13(12)15-17-14(18-19-15)9-16-11-6-7-11/h1-5,11-13,16H,6-9H2. The van der Waals surface area contributed by atoms with Gasteiger partial charge >= 0.3 is 0 Å². The first-order valence-corrected chi connectivity index (χ1v) is 7.01. The number of benzene rings is 1. The summed E-state index contributed by atoms with van der Waals surface area (Å²) >= 11 is 0. The molecule has 19 heavy (non-hydrogen) atoms. The molecular formula is C15H17N3O. The highest BCUT2D eigenvalue weighted by atomic mass is 16.5. The molecule has 1 aromatic carbocycles. The summed E-state index contributed by atoms with van der Waals surface area (Å²) in [5.74, 6) is 2.58. The summed E-state index contributed by atoms with van der Waals surface area (Å²) in [6.07, 6.45) is 3.69. The molecule has 0 saturated heterocycles. The van der Waals surface area contributed by atoms with Crippen LogP contribution in [0.5, 0.6) is 0 Å². The molecule has 2 aliphatic rings. The van der Waals surface area contributed by atoms with Crippen LogP contribution in [-0.2, 0) is 6.54 Å². The average Bonchev–Trinajstić information content (AvgIpc) is 3.37. The Labute approximate surface area is 112 Å². The molecule has 0 spiro atoms. The van der Waals surface area contributed by atoms with Crippen LogP contribution in [0, 0.1) is 0 Å². The minimum atomic E-state index is 0.421. The molecule has 2 aliphatic carbocycles. The molecule has 2 fully saturated rings. The van der Waals surface area contributed by atoms with Gasteiger partial charge in [0.25, 0.3) is 0 Å². The van der Waals surface area contributed by atoms with Gasteiger partial charge in [-0.2, -0.15) is 4.98 Å². The molecule has 4 rings (SSSR count). The van der Waals surface area contributed by atoms with Crippen molar-refractivity contribution in [2.45, 2.75) is 43.7 Å². The van der Waals surface area contributed by atoms with Crippen molar-refractivity contribution in [2.75, 3.05) is 0 Å². The van der Waals surface area contributed by atoms with Crippen molar-refractivity contribution in [1.29, 1.82) is 0 Å². The van der Waals surface area contributed by atoms with Gasteiger partial charge < -0.3 is 9.84 Å². The van der Waals surface area contributed by atoms with Crippen LogP contribution in [0.2, 0.25) is 0 Å². The van der Waals surface area contributed by atoms with Crippen molar-refractivity contribution in [2.24, 2.45) is 0 Å². The number of rotatable bonds is 5. The molecule has 1 N–H and O–H groups in total. The lowest BCUT2D eigenvalue weighted by atomic mass is 10.1. The van der Waals surface area contributed by atoms with Gasteiger partial charge in [0.05, 0.1) is 6.54 Å². The van der Waals surface area contributed by atoms with E-state index in [4.69, 9.17) is 4.52 Å². The lowest BCUT2D eigenvalue weighted by molar-refractivity contribution is 0.371. The van der Waals surface area contributed by atoms with Crippen molar-refractivity contribution in [3.8, 4) is 0 Å². The lowest BCUT2D eigenvalue weighted by Crippen LogP contribution is -2.16. The zero-order valence-corrected chi connectivity index (χ0v) is 10.7. The molecule has 4 nitrogen and oxygen atoms in total. The van der Waals surface area contributed by atoms with Gasteiger partial charge in [0.15, 0.2) is 5.82 Å². The van der Waals surface area contributed by atoms with Gasteiger partial charge in [0.2, 0.25) is 5.89 Å². The number of nitrogens with one attached hydrogen (secondary N) is 1. The van der Waals surface area contributed by atoms with Crippen LogP contribution < -0.4 is 5.32 Å². The van der Waals surface area contributed by atoms with Crippen molar-refractivity contribution >= 4 is 0 Å². The zero-order chi connectivity index (χ0) is 12.7. The zero-order valence-electron chi connectivity index (χ0n) is 10.7. The van der Waals surface area contributed by atoms with Crippen LogP contribution in [-0.4, -0.2) is 16.2 Å². The summed E-state index contributed by atoms with van der Waals surface area (Å²) in [4.78, 5) is 4.51. The Hall–Kier alpha value is -1.68. The summed E-state index contributed by atoms with van der Waals surface area (Å²) < 4.78 is 5.39. The fourth-order valence-corrected chi connectivity index (χ4v) is 2.55. The number of nitrogens with zero attached hydrogens (tertiary/aromatic N) is 2. The van der Waals surface area contributed by atoms with Gasteiger partial charge in [0, 0.05) is 12.0 Å². The normalized spacial score (nSPS) is 25.5. The Morgan fingerprint density at radius 1 is 1.16 bits per heavy atom. The fourth-order valence-electron chi connectivity index (χ4n) is 2.55. The third-order valence-corrected chi connectivity index (χ3v) is 3.95. The maximum atomic E-state index is 5.39. The van der Waals surface area contributed by atoms with E-state index in [1.165, 1.54) is 18.4 Å². The summed E-state index contributed by atoms with van der Waals surface area (Å²) in [7, 11) is 0. The maximum Gasteiger partial charge on any atom is 0.230 e. The molecule has 0 radical (unpaired) electrons. The Balaban J connectivity index is 1.40. The topological polar surface area (TPSA) is 51.0 Å². The summed E-state index contributed by atoms with van der Waals surface area (Å²) in [5, 5.41) is 7.46. The molecule has 0 bridgehead atoms. The Morgan fingerprint density at radius 2 is 2.00 bits per heavy atom. The van der Waals surface area contributed by atoms with Crippen molar-refractivity contribution in [3.05, 3.63) is 47.6 Å². The van der Waals surface area contributed by atoms with E-state index in [2.05, 4.69) is 45.8 Å². The van der Waals surface area contributed by atoms with Gasteiger partial charge in [0.1, 0.15) is 0 Å². The third-order valence-electron chi connectivity index (χ3n) is 3.95. The van der Waals surface area contributed by atoms with Crippen LogP contribution in [0.1, 0.15) is 48.4 Å². The predicted molar refractivity (Wildman–Crippen MR) is 70.7 cm³/mol. The van der Waals surface area contributed by atoms with Gasteiger partial charge in [-0.25, -0.2) is 0 Å². The third kappa shape index (κ3) is 2.40. The Morgan fingerprint density at radius 3 is 2.79 bits per heavy atom. The van der Waals surface area contributed by atoms with Gasteiger partial charge in [-0.05, 0) is 30.7 Å².